The summed E-state index contributed by atoms with van der Waals surface area (Å²) >= 11 is 0. The van der Waals surface area contributed by atoms with Crippen LogP contribution in [-0.4, -0.2) is 87.2 Å². The Morgan fingerprint density at radius 1 is 0.956 bits per heavy atom. The fraction of sp³-hybridized carbons (Fsp3) is 0.412. The van der Waals surface area contributed by atoms with E-state index < -0.39 is 6.04 Å². The van der Waals surface area contributed by atoms with E-state index in [4.69, 9.17) is 14.2 Å². The van der Waals surface area contributed by atoms with E-state index in [9.17, 15) is 14.4 Å². The molecule has 1 saturated heterocycles. The molecular weight excluding hydrogens is 574 g/mol. The van der Waals surface area contributed by atoms with E-state index >= 15 is 0 Å². The summed E-state index contributed by atoms with van der Waals surface area (Å²) in [5.74, 6) is 1.21. The van der Waals surface area contributed by atoms with Gasteiger partial charge in [-0.2, -0.15) is 0 Å². The van der Waals surface area contributed by atoms with Crippen LogP contribution in [0.5, 0.6) is 17.2 Å². The van der Waals surface area contributed by atoms with Gasteiger partial charge in [-0.25, -0.2) is 0 Å². The number of hydrogen-bond donors (Lipinski definition) is 2. The molecule has 5 rings (SSSR count). The molecule has 2 aliphatic rings. The summed E-state index contributed by atoms with van der Waals surface area (Å²) in [6, 6.07) is 10.7. The van der Waals surface area contributed by atoms with E-state index in [1.165, 1.54) is 12.5 Å². The molecule has 0 spiro atoms. The number of nitrogens with one attached hydrogen (secondary N) is 2. The number of nitrogens with zero attached hydrogens (tertiary/aromatic N) is 3. The van der Waals surface area contributed by atoms with E-state index in [1.807, 2.05) is 29.2 Å². The predicted molar refractivity (Wildman–Crippen MR) is 172 cm³/mol. The number of anilines is 1. The van der Waals surface area contributed by atoms with Crippen LogP contribution in [0.3, 0.4) is 0 Å². The maximum Gasteiger partial charge on any atom is 0.241 e. The van der Waals surface area contributed by atoms with Gasteiger partial charge in [-0.05, 0) is 71.8 Å². The number of carbonyl (C=O) groups excluding carboxylic acids is 2. The normalized spacial score (nSPS) is 16.1. The van der Waals surface area contributed by atoms with Crippen LogP contribution < -0.4 is 30.3 Å². The highest BCUT2D eigenvalue weighted by molar-refractivity contribution is 5.84. The summed E-state index contributed by atoms with van der Waals surface area (Å²) in [6.45, 7) is 5.27. The van der Waals surface area contributed by atoms with Crippen molar-refractivity contribution in [2.24, 2.45) is 0 Å². The van der Waals surface area contributed by atoms with Gasteiger partial charge < -0.3 is 29.7 Å². The molecule has 1 atom stereocenters. The summed E-state index contributed by atoms with van der Waals surface area (Å²) in [5.41, 5.74) is 4.40. The molecular formula is C34H41N5O6. The first-order valence-electron chi connectivity index (χ1n) is 15.2. The molecule has 1 aliphatic heterocycles. The van der Waals surface area contributed by atoms with E-state index in [2.05, 4.69) is 20.5 Å². The van der Waals surface area contributed by atoms with E-state index in [-0.39, 0.29) is 23.8 Å². The number of carbonyl (C=O) groups is 2. The van der Waals surface area contributed by atoms with Crippen LogP contribution >= 0.6 is 0 Å². The van der Waals surface area contributed by atoms with Crippen molar-refractivity contribution in [3.63, 3.8) is 0 Å². The van der Waals surface area contributed by atoms with E-state index in [0.29, 0.717) is 54.4 Å². The smallest absolute Gasteiger partial charge is 0.241 e. The van der Waals surface area contributed by atoms with Crippen LogP contribution in [-0.2, 0) is 22.4 Å². The number of pyridine rings is 1. The second-order valence-electron chi connectivity index (χ2n) is 11.3. The van der Waals surface area contributed by atoms with Crippen LogP contribution in [0.4, 0.5) is 5.69 Å². The van der Waals surface area contributed by atoms with Crippen molar-refractivity contribution in [1.82, 2.24) is 20.1 Å². The average molecular weight is 616 g/mol. The zero-order valence-electron chi connectivity index (χ0n) is 26.4. The Labute approximate surface area is 263 Å². The Morgan fingerprint density at radius 3 is 2.36 bits per heavy atom. The number of amides is 2. The van der Waals surface area contributed by atoms with Crippen molar-refractivity contribution in [2.75, 3.05) is 65.9 Å². The van der Waals surface area contributed by atoms with Gasteiger partial charge in [0.15, 0.2) is 11.5 Å². The predicted octanol–water partition coefficient (Wildman–Crippen LogP) is 3.06. The zero-order chi connectivity index (χ0) is 31.9. The van der Waals surface area contributed by atoms with Crippen molar-refractivity contribution < 1.29 is 23.8 Å². The molecule has 0 saturated carbocycles. The van der Waals surface area contributed by atoms with E-state index in [0.717, 1.165) is 42.7 Å². The molecule has 1 aromatic heterocycles. The van der Waals surface area contributed by atoms with Gasteiger partial charge in [0, 0.05) is 57.6 Å². The van der Waals surface area contributed by atoms with Crippen molar-refractivity contribution in [3.8, 4) is 28.4 Å². The lowest BCUT2D eigenvalue weighted by Crippen LogP contribution is -2.50. The first-order valence-corrected chi connectivity index (χ1v) is 15.2. The Balaban J connectivity index is 1.35. The van der Waals surface area contributed by atoms with Crippen LogP contribution in [0.1, 0.15) is 36.1 Å². The number of benzene rings is 1. The molecule has 238 valence electrons. The van der Waals surface area contributed by atoms with Crippen molar-refractivity contribution >= 4 is 17.5 Å². The van der Waals surface area contributed by atoms with Crippen LogP contribution in [0.2, 0.25) is 0 Å². The molecule has 3 aromatic rings. The van der Waals surface area contributed by atoms with E-state index in [1.54, 1.807) is 45.9 Å². The highest BCUT2D eigenvalue weighted by Gasteiger charge is 2.29. The van der Waals surface area contributed by atoms with Gasteiger partial charge in [-0.3, -0.25) is 24.3 Å². The van der Waals surface area contributed by atoms with Gasteiger partial charge in [0.05, 0.1) is 39.6 Å². The number of piperazine rings is 1. The molecule has 2 N–H and O–H groups in total. The number of aromatic nitrogens is 1. The maximum atomic E-state index is 13.6. The Bertz CT molecular complexity index is 1590. The molecule has 2 aromatic carbocycles. The number of ether oxygens (including phenoxy) is 3. The summed E-state index contributed by atoms with van der Waals surface area (Å²) in [5, 5.41) is 6.10. The third kappa shape index (κ3) is 7.20. The monoisotopic (exact) mass is 615 g/mol. The number of rotatable bonds is 10. The van der Waals surface area contributed by atoms with Crippen molar-refractivity contribution in [3.05, 3.63) is 75.7 Å². The number of methoxy groups -OCH3 is 3. The highest BCUT2D eigenvalue weighted by Crippen LogP contribution is 2.50. The summed E-state index contributed by atoms with van der Waals surface area (Å²) in [7, 11) is 4.68. The van der Waals surface area contributed by atoms with Crippen LogP contribution in [0, 0.1) is 0 Å². The largest absolute Gasteiger partial charge is 0.493 e. The summed E-state index contributed by atoms with van der Waals surface area (Å²) in [6.07, 6.45) is 5.74. The summed E-state index contributed by atoms with van der Waals surface area (Å²) < 4.78 is 17.1. The summed E-state index contributed by atoms with van der Waals surface area (Å²) in [4.78, 5) is 47.2. The van der Waals surface area contributed by atoms with Gasteiger partial charge >= 0.3 is 0 Å². The Hall–Kier alpha value is -4.64. The SMILES string of the molecule is COc1cc2c(c(OC)c1OC)-c1ccc(NCC(=O)N3CCN(CCc4ccncc4)CC3)c(=O)cc1C(NC(C)=O)CC2. The molecule has 0 bridgehead atoms. The molecule has 1 fully saturated rings. The van der Waals surface area contributed by atoms with Gasteiger partial charge in [-0.1, -0.05) is 6.07 Å². The third-order valence-electron chi connectivity index (χ3n) is 8.54. The molecule has 1 unspecified atom stereocenters. The first kappa shape index (κ1) is 31.8. The second-order valence-corrected chi connectivity index (χ2v) is 11.3. The topological polar surface area (TPSA) is 122 Å². The first-order chi connectivity index (χ1) is 21.8. The Kier molecular flexibility index (Phi) is 10.2. The lowest BCUT2D eigenvalue weighted by molar-refractivity contribution is -0.131. The quantitative estimate of drug-likeness (QED) is 0.354. The standard InChI is InChI=1S/C34H41N5O6/c1-22(40)37-27-7-5-24-19-30(43-2)33(44-3)34(45-4)32(24)25-6-8-28(29(41)20-26(25)27)36-21-31(42)39-17-15-38(16-18-39)14-11-23-9-12-35-13-10-23/h6,8-10,12-13,19-20,27H,5,7,11,14-18,21H2,1-4H3,(H,36,41)(H,37,40). The lowest BCUT2D eigenvalue weighted by Gasteiger charge is -2.34. The number of hydrogen-bond acceptors (Lipinski definition) is 9. The van der Waals surface area contributed by atoms with Crippen LogP contribution in [0.25, 0.3) is 11.1 Å². The molecule has 0 radical (unpaired) electrons. The third-order valence-corrected chi connectivity index (χ3v) is 8.54. The molecule has 2 amide bonds. The minimum absolute atomic E-state index is 0.000982. The highest BCUT2D eigenvalue weighted by atomic mass is 16.5. The molecule has 11 nitrogen and oxygen atoms in total. The van der Waals surface area contributed by atoms with Gasteiger partial charge in [0.2, 0.25) is 23.0 Å². The van der Waals surface area contributed by atoms with Crippen molar-refractivity contribution in [2.45, 2.75) is 32.2 Å². The van der Waals surface area contributed by atoms with Gasteiger partial charge in [0.1, 0.15) is 0 Å². The van der Waals surface area contributed by atoms with Gasteiger partial charge in [0.25, 0.3) is 0 Å². The lowest BCUT2D eigenvalue weighted by atomic mass is 9.95. The molecule has 1 aliphatic carbocycles. The fourth-order valence-electron chi connectivity index (χ4n) is 6.19. The fourth-order valence-corrected chi connectivity index (χ4v) is 6.19. The maximum absolute atomic E-state index is 13.6. The zero-order valence-corrected chi connectivity index (χ0v) is 26.4. The molecule has 11 heteroatoms. The Morgan fingerprint density at radius 2 is 1.69 bits per heavy atom. The van der Waals surface area contributed by atoms with Gasteiger partial charge in [-0.15, -0.1) is 0 Å². The van der Waals surface area contributed by atoms with Crippen molar-refractivity contribution in [1.29, 1.82) is 0 Å². The minimum atomic E-state index is -0.406. The molecule has 45 heavy (non-hydrogen) atoms. The number of aryl methyl sites for hydroxylation is 1. The van der Waals surface area contributed by atoms with Crippen LogP contribution in [0.15, 0.2) is 53.6 Å². The second kappa shape index (κ2) is 14.4. The average Bonchev–Trinajstić information content (AvgIpc) is 3.30. The molecule has 2 heterocycles. The minimum Gasteiger partial charge on any atom is -0.493 e. The number of fused-ring (bicyclic) bond motifs is 3.